The smallest absolute Gasteiger partial charge is 0.276 e. The van der Waals surface area contributed by atoms with E-state index in [-0.39, 0.29) is 18.5 Å². The minimum Gasteiger partial charge on any atom is -0.387 e. The molecule has 146 valence electrons. The van der Waals surface area contributed by atoms with E-state index in [1.54, 1.807) is 4.90 Å². The lowest BCUT2D eigenvalue weighted by atomic mass is 10.1. The van der Waals surface area contributed by atoms with Gasteiger partial charge < -0.3 is 15.3 Å². The molecule has 0 spiro atoms. The van der Waals surface area contributed by atoms with Crippen molar-refractivity contribution in [2.75, 3.05) is 26.2 Å². The van der Waals surface area contributed by atoms with Crippen LogP contribution in [0.5, 0.6) is 0 Å². The predicted molar refractivity (Wildman–Crippen MR) is 104 cm³/mol. The van der Waals surface area contributed by atoms with Crippen LogP contribution in [0.2, 0.25) is 0 Å². The zero-order valence-corrected chi connectivity index (χ0v) is 16.4. The molecule has 0 aliphatic carbocycles. The van der Waals surface area contributed by atoms with Gasteiger partial charge in [0, 0.05) is 6.54 Å². The molecule has 1 fully saturated rings. The van der Waals surface area contributed by atoms with Gasteiger partial charge in [0.05, 0.1) is 24.4 Å². The van der Waals surface area contributed by atoms with Gasteiger partial charge >= 0.3 is 0 Å². The Labute approximate surface area is 160 Å². The summed E-state index contributed by atoms with van der Waals surface area (Å²) in [6, 6.07) is 8.01. The predicted octanol–water partition coefficient (Wildman–Crippen LogP) is 2.02. The number of nitrogens with one attached hydrogen (secondary N) is 1. The summed E-state index contributed by atoms with van der Waals surface area (Å²) in [7, 11) is 0. The molecule has 0 unspecified atom stereocenters. The van der Waals surface area contributed by atoms with E-state index >= 15 is 0 Å². The monoisotopic (exact) mass is 371 g/mol. The first-order valence-corrected chi connectivity index (χ1v) is 9.67. The van der Waals surface area contributed by atoms with Gasteiger partial charge in [-0.25, -0.2) is 4.68 Å². The average Bonchev–Trinajstić information content (AvgIpc) is 3.08. The minimum absolute atomic E-state index is 0.179. The van der Waals surface area contributed by atoms with Crippen molar-refractivity contribution >= 4 is 5.91 Å². The second kappa shape index (κ2) is 8.63. The summed E-state index contributed by atoms with van der Waals surface area (Å²) in [4.78, 5) is 14.6. The van der Waals surface area contributed by atoms with E-state index in [4.69, 9.17) is 0 Å². The van der Waals surface area contributed by atoms with Gasteiger partial charge in [-0.2, -0.15) is 0 Å². The van der Waals surface area contributed by atoms with Crippen LogP contribution >= 0.6 is 0 Å². The van der Waals surface area contributed by atoms with Crippen LogP contribution in [-0.4, -0.2) is 57.1 Å². The average molecular weight is 371 g/mol. The molecule has 0 bridgehead atoms. The number of carbonyl (C=O) groups excluding carboxylic acids is 1. The van der Waals surface area contributed by atoms with Gasteiger partial charge in [-0.3, -0.25) is 4.79 Å². The van der Waals surface area contributed by atoms with E-state index in [1.165, 1.54) is 0 Å². The molecule has 2 heterocycles. The second-order valence-corrected chi connectivity index (χ2v) is 7.22. The van der Waals surface area contributed by atoms with Crippen molar-refractivity contribution in [3.05, 3.63) is 46.8 Å². The highest BCUT2D eigenvalue weighted by molar-refractivity contribution is 5.93. The topological polar surface area (TPSA) is 83.3 Å². The zero-order chi connectivity index (χ0) is 19.4. The summed E-state index contributed by atoms with van der Waals surface area (Å²) in [6.45, 7) is 8.46. The summed E-state index contributed by atoms with van der Waals surface area (Å²) in [5, 5.41) is 22.3. The number of aliphatic hydroxyl groups is 1. The third kappa shape index (κ3) is 4.36. The molecule has 7 nitrogen and oxygen atoms in total. The summed E-state index contributed by atoms with van der Waals surface area (Å²) in [6.07, 6.45) is 1.25. The van der Waals surface area contributed by atoms with Crippen molar-refractivity contribution in [3.8, 4) is 0 Å². The van der Waals surface area contributed by atoms with Gasteiger partial charge in [0.1, 0.15) is 0 Å². The number of carbonyl (C=O) groups is 1. The van der Waals surface area contributed by atoms with Gasteiger partial charge in [-0.1, -0.05) is 35.0 Å². The van der Waals surface area contributed by atoms with E-state index in [9.17, 15) is 9.90 Å². The number of rotatable bonds is 6. The number of nitrogens with zero attached hydrogens (tertiary/aromatic N) is 4. The number of aryl methyl sites for hydroxylation is 1. The molecule has 1 saturated heterocycles. The van der Waals surface area contributed by atoms with Crippen molar-refractivity contribution in [2.45, 2.75) is 45.8 Å². The Bertz CT molecular complexity index is 765. The Morgan fingerprint density at radius 1 is 1.30 bits per heavy atom. The van der Waals surface area contributed by atoms with E-state index in [2.05, 4.69) is 15.6 Å². The molecule has 7 heteroatoms. The Kier molecular flexibility index (Phi) is 6.23. The van der Waals surface area contributed by atoms with E-state index in [0.29, 0.717) is 12.2 Å². The van der Waals surface area contributed by atoms with Gasteiger partial charge in [-0.05, 0) is 52.3 Å². The van der Waals surface area contributed by atoms with Crippen molar-refractivity contribution < 1.29 is 9.90 Å². The van der Waals surface area contributed by atoms with Gasteiger partial charge in [0.25, 0.3) is 5.91 Å². The Hall–Kier alpha value is -2.25. The van der Waals surface area contributed by atoms with Crippen LogP contribution in [0.4, 0.5) is 0 Å². The lowest BCUT2D eigenvalue weighted by molar-refractivity contribution is 0.0628. The van der Waals surface area contributed by atoms with Crippen LogP contribution in [-0.2, 0) is 0 Å². The Balaban J connectivity index is 1.72. The molecule has 2 aromatic rings. The molecule has 0 radical (unpaired) electrons. The van der Waals surface area contributed by atoms with Crippen LogP contribution in [0, 0.1) is 13.8 Å². The largest absolute Gasteiger partial charge is 0.387 e. The molecule has 1 aromatic heterocycles. The molecule has 1 amide bonds. The van der Waals surface area contributed by atoms with Crippen LogP contribution in [0.3, 0.4) is 0 Å². The third-order valence-corrected chi connectivity index (χ3v) is 5.31. The van der Waals surface area contributed by atoms with Gasteiger partial charge in [0.2, 0.25) is 0 Å². The summed E-state index contributed by atoms with van der Waals surface area (Å²) in [5.41, 5.74) is 3.13. The fourth-order valence-electron chi connectivity index (χ4n) is 3.54. The molecule has 2 N–H and O–H groups in total. The fourth-order valence-corrected chi connectivity index (χ4v) is 3.54. The summed E-state index contributed by atoms with van der Waals surface area (Å²) in [5.74, 6) is -0.179. The van der Waals surface area contributed by atoms with Gasteiger partial charge in [-0.15, -0.1) is 5.10 Å². The molecular weight excluding hydrogens is 342 g/mol. The maximum absolute atomic E-state index is 13.0. The normalized spacial score (nSPS) is 16.3. The van der Waals surface area contributed by atoms with Crippen molar-refractivity contribution in [2.24, 2.45) is 0 Å². The number of hydrogen-bond acceptors (Lipinski definition) is 5. The molecule has 1 aromatic carbocycles. The molecule has 27 heavy (non-hydrogen) atoms. The number of aliphatic hydroxyl groups excluding tert-OH is 1. The molecule has 1 aliphatic rings. The number of piperidine rings is 1. The van der Waals surface area contributed by atoms with Crippen molar-refractivity contribution in [3.63, 3.8) is 0 Å². The first-order chi connectivity index (χ1) is 13.0. The Morgan fingerprint density at radius 3 is 2.59 bits per heavy atom. The minimum atomic E-state index is -0.728. The van der Waals surface area contributed by atoms with E-state index in [0.717, 1.165) is 42.8 Å². The third-order valence-electron chi connectivity index (χ3n) is 5.31. The standard InChI is InChI=1S/C20H29N5O2/c1-4-24(13-18(26)16-7-5-14(2)6-8-16)20(27)19-15(3)25(23-22-19)17-9-11-21-12-10-17/h5-8,17-18,21,26H,4,9-13H2,1-3H3/t18-/m1/s1. The fraction of sp³-hybridized carbons (Fsp3) is 0.550. The molecule has 3 rings (SSSR count). The van der Waals surface area contributed by atoms with E-state index < -0.39 is 6.10 Å². The first kappa shape index (κ1) is 19.5. The lowest BCUT2D eigenvalue weighted by Gasteiger charge is -2.25. The maximum Gasteiger partial charge on any atom is 0.276 e. The van der Waals surface area contributed by atoms with Gasteiger partial charge in [0.15, 0.2) is 5.69 Å². The maximum atomic E-state index is 13.0. The quantitative estimate of drug-likeness (QED) is 0.812. The highest BCUT2D eigenvalue weighted by Gasteiger charge is 2.26. The number of hydrogen-bond donors (Lipinski definition) is 2. The number of aromatic nitrogens is 3. The molecule has 0 saturated carbocycles. The number of benzene rings is 1. The molecular formula is C20H29N5O2. The first-order valence-electron chi connectivity index (χ1n) is 9.67. The number of amides is 1. The van der Waals surface area contributed by atoms with Crippen molar-refractivity contribution in [1.82, 2.24) is 25.2 Å². The van der Waals surface area contributed by atoms with Crippen molar-refractivity contribution in [1.29, 1.82) is 0 Å². The Morgan fingerprint density at radius 2 is 1.96 bits per heavy atom. The highest BCUT2D eigenvalue weighted by Crippen LogP contribution is 2.22. The summed E-state index contributed by atoms with van der Waals surface area (Å²) >= 11 is 0. The summed E-state index contributed by atoms with van der Waals surface area (Å²) < 4.78 is 1.89. The highest BCUT2D eigenvalue weighted by atomic mass is 16.3. The van der Waals surface area contributed by atoms with Crippen LogP contribution < -0.4 is 5.32 Å². The molecule has 1 atom stereocenters. The lowest BCUT2D eigenvalue weighted by Crippen LogP contribution is -2.35. The van der Waals surface area contributed by atoms with Crippen LogP contribution in [0.25, 0.3) is 0 Å². The number of likely N-dealkylation sites (N-methyl/N-ethyl adjacent to an activating group) is 1. The zero-order valence-electron chi connectivity index (χ0n) is 16.4. The molecule has 1 aliphatic heterocycles. The van der Waals surface area contributed by atoms with E-state index in [1.807, 2.05) is 49.7 Å². The van der Waals surface area contributed by atoms with Crippen LogP contribution in [0.15, 0.2) is 24.3 Å². The SMILES string of the molecule is CCN(C[C@@H](O)c1ccc(C)cc1)C(=O)c1nnn(C2CCNCC2)c1C. The van der Waals surface area contributed by atoms with Crippen LogP contribution in [0.1, 0.15) is 59.2 Å². The second-order valence-electron chi connectivity index (χ2n) is 7.22.